The third-order valence-electron chi connectivity index (χ3n) is 23.6. The number of hydrogen-bond acceptors (Lipinski definition) is 10. The molecule has 0 heterocycles. The summed E-state index contributed by atoms with van der Waals surface area (Å²) in [5.74, 6) is 4.44. The van der Waals surface area contributed by atoms with E-state index in [-0.39, 0.29) is 58.8 Å². The molecular formula is C57H100N4O10S2. The zero-order valence-corrected chi connectivity index (χ0v) is 47.4. The molecule has 420 valence electrons. The molecular weight excluding hydrogens is 965 g/mol. The number of amides is 2. The maximum Gasteiger partial charge on any atom is 0.266 e. The average Bonchev–Trinajstić information content (AvgIpc) is 3.86. The van der Waals surface area contributed by atoms with Crippen LogP contribution in [0.4, 0.5) is 0 Å². The van der Waals surface area contributed by atoms with Gasteiger partial charge in [0.15, 0.2) is 0 Å². The highest BCUT2D eigenvalue weighted by molar-refractivity contribution is 7.86. The minimum absolute atomic E-state index is 0.0703. The molecule has 16 heteroatoms. The summed E-state index contributed by atoms with van der Waals surface area (Å²) in [6, 6.07) is 1.05. The van der Waals surface area contributed by atoms with Gasteiger partial charge in [-0.2, -0.15) is 16.8 Å². The lowest BCUT2D eigenvalue weighted by molar-refractivity contribution is -0.167. The quantitative estimate of drug-likeness (QED) is 0.0379. The SMILES string of the molecule is C[C@H](CCC(=O)NCCS(=O)(=O)O)[C@H]1CC[C@H]2[C@@H]3[C@@H](O)C[C@@H]4C[C@H](NCCCCCN[C@@H]5CC[C@@]6(C)[C@@H](C5)C[C@H](O)[C@@H]5[C@@H]6CC[C@]6(C)[C@@H]([C@H](C)CCC(=O)NCCS(=O)(=O)O)CC[C@@H]56)CC[C@]4(C)[C@H]3CC[C@]12C. The summed E-state index contributed by atoms with van der Waals surface area (Å²) >= 11 is 0. The maximum atomic E-state index is 12.5. The molecule has 0 aliphatic heterocycles. The molecule has 2 amide bonds. The van der Waals surface area contributed by atoms with Gasteiger partial charge >= 0.3 is 0 Å². The molecule has 8 rings (SSSR count). The second-order valence-electron chi connectivity index (χ2n) is 27.3. The third kappa shape index (κ3) is 12.6. The van der Waals surface area contributed by atoms with Crippen LogP contribution in [0.2, 0.25) is 0 Å². The largest absolute Gasteiger partial charge is 0.393 e. The second kappa shape index (κ2) is 23.1. The first-order valence-electron chi connectivity index (χ1n) is 29.6. The molecule has 0 aromatic rings. The number of carbonyl (C=O) groups is 2. The minimum atomic E-state index is -4.10. The molecule has 0 saturated heterocycles. The van der Waals surface area contributed by atoms with Gasteiger partial charge < -0.3 is 31.5 Å². The molecule has 0 bridgehead atoms. The first-order chi connectivity index (χ1) is 34.4. The van der Waals surface area contributed by atoms with Crippen LogP contribution in [-0.4, -0.2) is 110 Å². The fourth-order valence-corrected chi connectivity index (χ4v) is 20.5. The van der Waals surface area contributed by atoms with Crippen LogP contribution in [0, 0.1) is 92.7 Å². The van der Waals surface area contributed by atoms with Crippen LogP contribution in [0.5, 0.6) is 0 Å². The number of carbonyl (C=O) groups excluding carboxylic acids is 2. The summed E-state index contributed by atoms with van der Waals surface area (Å²) in [5.41, 5.74) is 0.871. The number of fused-ring (bicyclic) bond motifs is 10. The highest BCUT2D eigenvalue weighted by Crippen LogP contribution is 2.70. The summed E-state index contributed by atoms with van der Waals surface area (Å²) in [4.78, 5) is 25.0. The Balaban J connectivity index is 0.722. The average molecular weight is 1070 g/mol. The minimum Gasteiger partial charge on any atom is -0.393 e. The number of rotatable bonds is 22. The molecule has 0 unspecified atom stereocenters. The lowest BCUT2D eigenvalue weighted by atomic mass is 9.43. The van der Waals surface area contributed by atoms with Crippen molar-refractivity contribution < 1.29 is 45.7 Å². The number of aliphatic hydroxyl groups is 2. The fraction of sp³-hybridized carbons (Fsp3) is 0.965. The van der Waals surface area contributed by atoms with Gasteiger partial charge in [0.25, 0.3) is 20.2 Å². The topological polar surface area (TPSA) is 231 Å². The Morgan fingerprint density at radius 1 is 0.507 bits per heavy atom. The maximum absolute atomic E-state index is 12.5. The zero-order chi connectivity index (χ0) is 52.7. The normalized spacial score (nSPS) is 43.0. The molecule has 0 aromatic heterocycles. The number of hydrogen-bond donors (Lipinski definition) is 8. The molecule has 8 N–H and O–H groups in total. The van der Waals surface area contributed by atoms with Crippen molar-refractivity contribution in [2.24, 2.45) is 92.7 Å². The summed E-state index contributed by atoms with van der Waals surface area (Å²) in [7, 11) is -8.19. The first kappa shape index (κ1) is 57.8. The van der Waals surface area contributed by atoms with Crippen LogP contribution in [0.1, 0.15) is 189 Å². The van der Waals surface area contributed by atoms with E-state index in [9.17, 15) is 36.6 Å². The summed E-state index contributed by atoms with van der Waals surface area (Å²) in [6.07, 6.45) is 23.7. The Bertz CT molecular complexity index is 1990. The molecule has 0 radical (unpaired) electrons. The van der Waals surface area contributed by atoms with Gasteiger partial charge in [-0.3, -0.25) is 18.7 Å². The summed E-state index contributed by atoms with van der Waals surface area (Å²) in [5, 5.41) is 37.3. The lowest BCUT2D eigenvalue weighted by Gasteiger charge is -2.62. The first-order valence-corrected chi connectivity index (χ1v) is 32.8. The Morgan fingerprint density at radius 2 is 0.877 bits per heavy atom. The van der Waals surface area contributed by atoms with Crippen molar-refractivity contribution in [2.45, 2.75) is 214 Å². The summed E-state index contributed by atoms with van der Waals surface area (Å²) in [6.45, 7) is 16.6. The molecule has 20 atom stereocenters. The van der Waals surface area contributed by atoms with Crippen LogP contribution in [0.3, 0.4) is 0 Å². The van der Waals surface area contributed by atoms with Crippen LogP contribution in [-0.2, 0) is 29.8 Å². The standard InChI is InChI=1S/C57H100N4O10S2/c1-36(10-16-50(64)60-28-30-72(66,67)68)42-12-14-44-52-46(20-24-56(42,44)5)54(3)22-18-40(32-38(54)34-48(52)62)58-26-8-7-9-27-59-41-19-23-55(4)39(33-41)35-49(63)53-45-15-13-43(57(45,6)25-21-47(53)55)37(2)11-17-51(65)61-29-31-73(69,70)71/h36-49,52-53,58-59,62-63H,7-35H2,1-6H3,(H,60,64)(H,61,65)(H,66,67,68)(H,69,70,71)/t36-,37-,38+,39+,40-,41-,42-,43-,44+,45+,46+,47+,48+,49+,52+,53+,54+,55+,56-,57-/m1/s1. The van der Waals surface area contributed by atoms with Gasteiger partial charge in [0.05, 0.1) is 23.7 Å². The molecule has 8 fully saturated rings. The third-order valence-corrected chi connectivity index (χ3v) is 25.1. The van der Waals surface area contributed by atoms with Crippen molar-refractivity contribution in [1.82, 2.24) is 21.3 Å². The van der Waals surface area contributed by atoms with Crippen LogP contribution in [0.25, 0.3) is 0 Å². The van der Waals surface area contributed by atoms with E-state index in [2.05, 4.69) is 62.8 Å². The molecule has 8 saturated carbocycles. The predicted molar refractivity (Wildman–Crippen MR) is 286 cm³/mol. The monoisotopic (exact) mass is 1060 g/mol. The van der Waals surface area contributed by atoms with Gasteiger partial charge in [-0.15, -0.1) is 0 Å². The van der Waals surface area contributed by atoms with E-state index in [1.807, 2.05) is 0 Å². The van der Waals surface area contributed by atoms with Gasteiger partial charge in [-0.1, -0.05) is 48.0 Å². The smallest absolute Gasteiger partial charge is 0.266 e. The molecule has 14 nitrogen and oxygen atoms in total. The lowest BCUT2D eigenvalue weighted by Crippen LogP contribution is -2.59. The van der Waals surface area contributed by atoms with E-state index >= 15 is 0 Å². The van der Waals surface area contributed by atoms with Gasteiger partial charge in [-0.05, 0) is 234 Å². The number of aliphatic hydroxyl groups excluding tert-OH is 2. The van der Waals surface area contributed by atoms with Crippen molar-refractivity contribution in [3.63, 3.8) is 0 Å². The summed E-state index contributed by atoms with van der Waals surface area (Å²) < 4.78 is 62.2. The highest BCUT2D eigenvalue weighted by atomic mass is 32.2. The Morgan fingerprint density at radius 3 is 1.26 bits per heavy atom. The van der Waals surface area contributed by atoms with Gasteiger partial charge in [0.2, 0.25) is 11.8 Å². The number of nitrogens with one attached hydrogen (secondary N) is 4. The van der Waals surface area contributed by atoms with Crippen molar-refractivity contribution in [1.29, 1.82) is 0 Å². The van der Waals surface area contributed by atoms with Crippen LogP contribution in [0.15, 0.2) is 0 Å². The van der Waals surface area contributed by atoms with Crippen LogP contribution < -0.4 is 21.3 Å². The highest BCUT2D eigenvalue weighted by Gasteiger charge is 2.65. The second-order valence-corrected chi connectivity index (χ2v) is 30.4. The molecule has 0 aromatic carbocycles. The van der Waals surface area contributed by atoms with Gasteiger partial charge in [0.1, 0.15) is 0 Å². The van der Waals surface area contributed by atoms with E-state index in [0.29, 0.717) is 95.9 Å². The van der Waals surface area contributed by atoms with Crippen molar-refractivity contribution >= 4 is 32.1 Å². The van der Waals surface area contributed by atoms with Gasteiger partial charge in [-0.25, -0.2) is 0 Å². The Labute approximate surface area is 440 Å². The molecule has 73 heavy (non-hydrogen) atoms. The predicted octanol–water partition coefficient (Wildman–Crippen LogP) is 8.17. The van der Waals surface area contributed by atoms with Crippen molar-refractivity contribution in [3.05, 3.63) is 0 Å². The Kier molecular flexibility index (Phi) is 18.3. The van der Waals surface area contributed by atoms with E-state index in [1.165, 1.54) is 83.5 Å². The van der Waals surface area contributed by atoms with Crippen LogP contribution >= 0.6 is 0 Å². The van der Waals surface area contributed by atoms with Gasteiger partial charge in [0, 0.05) is 38.0 Å². The molecule has 8 aliphatic carbocycles. The number of unbranched alkanes of at least 4 members (excludes halogenated alkanes) is 2. The van der Waals surface area contributed by atoms with E-state index in [1.54, 1.807) is 0 Å². The zero-order valence-electron chi connectivity index (χ0n) is 45.8. The van der Waals surface area contributed by atoms with Crippen molar-refractivity contribution in [2.75, 3.05) is 37.7 Å². The molecule has 8 aliphatic rings. The Hall–Kier alpha value is -1.40. The fourth-order valence-electron chi connectivity index (χ4n) is 19.7. The molecule has 0 spiro atoms. The van der Waals surface area contributed by atoms with E-state index < -0.39 is 31.7 Å². The van der Waals surface area contributed by atoms with E-state index in [0.717, 1.165) is 64.5 Å². The van der Waals surface area contributed by atoms with E-state index in [4.69, 9.17) is 9.11 Å². The van der Waals surface area contributed by atoms with Crippen molar-refractivity contribution in [3.8, 4) is 0 Å².